The standard InChI is InChI=1S/C13H23N3O2/c1-4-8-16-12(5-7-14-16)10-15(11(2)3)9-6-13(17)18/h5,7,11H,4,6,8-10H2,1-3H3,(H,17,18). The Kier molecular flexibility index (Phi) is 5.85. The number of hydrogen-bond acceptors (Lipinski definition) is 3. The van der Waals surface area contributed by atoms with Crippen LogP contribution in [0.2, 0.25) is 0 Å². The lowest BCUT2D eigenvalue weighted by molar-refractivity contribution is -0.137. The number of carbonyl (C=O) groups is 1. The van der Waals surface area contributed by atoms with Crippen LogP contribution in [0.25, 0.3) is 0 Å². The fraction of sp³-hybridized carbons (Fsp3) is 0.692. The molecule has 0 aliphatic heterocycles. The van der Waals surface area contributed by atoms with Crippen LogP contribution >= 0.6 is 0 Å². The first-order valence-electron chi connectivity index (χ1n) is 6.51. The van der Waals surface area contributed by atoms with E-state index in [-0.39, 0.29) is 6.42 Å². The number of aromatic nitrogens is 2. The molecule has 0 saturated carbocycles. The fourth-order valence-electron chi connectivity index (χ4n) is 1.87. The second kappa shape index (κ2) is 7.16. The zero-order chi connectivity index (χ0) is 13.5. The normalized spacial score (nSPS) is 11.4. The number of aryl methyl sites for hydroxylation is 1. The Morgan fingerprint density at radius 3 is 2.83 bits per heavy atom. The average molecular weight is 253 g/mol. The smallest absolute Gasteiger partial charge is 0.304 e. The third-order valence-electron chi connectivity index (χ3n) is 2.95. The number of hydrogen-bond donors (Lipinski definition) is 1. The molecule has 0 spiro atoms. The van der Waals surface area contributed by atoms with Crippen molar-refractivity contribution in [3.05, 3.63) is 18.0 Å². The molecule has 0 aliphatic carbocycles. The van der Waals surface area contributed by atoms with Crippen molar-refractivity contribution >= 4 is 5.97 Å². The Bertz CT molecular complexity index is 374. The minimum absolute atomic E-state index is 0.181. The predicted octanol–water partition coefficient (Wildman–Crippen LogP) is 1.98. The van der Waals surface area contributed by atoms with Crippen LogP contribution in [-0.2, 0) is 17.9 Å². The summed E-state index contributed by atoms with van der Waals surface area (Å²) >= 11 is 0. The lowest BCUT2D eigenvalue weighted by Gasteiger charge is -2.26. The Labute approximate surface area is 108 Å². The van der Waals surface area contributed by atoms with Crippen LogP contribution < -0.4 is 0 Å². The molecular formula is C13H23N3O2. The molecule has 0 amide bonds. The third kappa shape index (κ3) is 4.49. The van der Waals surface area contributed by atoms with Gasteiger partial charge in [-0.1, -0.05) is 6.92 Å². The lowest BCUT2D eigenvalue weighted by Crippen LogP contribution is -2.33. The molecule has 18 heavy (non-hydrogen) atoms. The summed E-state index contributed by atoms with van der Waals surface area (Å²) in [7, 11) is 0. The maximum Gasteiger partial charge on any atom is 0.304 e. The van der Waals surface area contributed by atoms with Gasteiger partial charge in [0, 0.05) is 31.9 Å². The van der Waals surface area contributed by atoms with Crippen molar-refractivity contribution in [1.82, 2.24) is 14.7 Å². The van der Waals surface area contributed by atoms with Gasteiger partial charge in [-0.05, 0) is 26.3 Å². The Hall–Kier alpha value is -1.36. The minimum atomic E-state index is -0.747. The Morgan fingerprint density at radius 1 is 1.56 bits per heavy atom. The summed E-state index contributed by atoms with van der Waals surface area (Å²) in [5.41, 5.74) is 1.15. The molecule has 5 nitrogen and oxygen atoms in total. The van der Waals surface area contributed by atoms with E-state index in [1.54, 1.807) is 6.20 Å². The molecule has 1 N–H and O–H groups in total. The molecule has 1 aromatic rings. The van der Waals surface area contributed by atoms with Gasteiger partial charge < -0.3 is 5.11 Å². The topological polar surface area (TPSA) is 58.4 Å². The highest BCUT2D eigenvalue weighted by molar-refractivity contribution is 5.66. The van der Waals surface area contributed by atoms with E-state index in [9.17, 15) is 4.79 Å². The van der Waals surface area contributed by atoms with E-state index >= 15 is 0 Å². The number of rotatable bonds is 8. The van der Waals surface area contributed by atoms with Gasteiger partial charge in [-0.3, -0.25) is 14.4 Å². The van der Waals surface area contributed by atoms with Crippen LogP contribution in [0.15, 0.2) is 12.3 Å². The van der Waals surface area contributed by atoms with Gasteiger partial charge >= 0.3 is 5.97 Å². The first kappa shape index (κ1) is 14.7. The molecule has 1 rings (SSSR count). The Morgan fingerprint density at radius 2 is 2.28 bits per heavy atom. The molecule has 1 heterocycles. The molecule has 0 unspecified atom stereocenters. The van der Waals surface area contributed by atoms with Crippen molar-refractivity contribution in [2.45, 2.75) is 52.7 Å². The predicted molar refractivity (Wildman–Crippen MR) is 70.3 cm³/mol. The number of nitrogens with zero attached hydrogens (tertiary/aromatic N) is 3. The molecule has 0 atom stereocenters. The molecule has 102 valence electrons. The SMILES string of the molecule is CCCn1nccc1CN(CCC(=O)O)C(C)C. The molecule has 0 aliphatic rings. The fourth-order valence-corrected chi connectivity index (χ4v) is 1.87. The number of aliphatic carboxylic acids is 1. The second-order valence-corrected chi connectivity index (χ2v) is 4.75. The zero-order valence-electron chi connectivity index (χ0n) is 11.5. The highest BCUT2D eigenvalue weighted by Gasteiger charge is 2.14. The summed E-state index contributed by atoms with van der Waals surface area (Å²) in [6, 6.07) is 2.33. The summed E-state index contributed by atoms with van der Waals surface area (Å²) < 4.78 is 2.00. The minimum Gasteiger partial charge on any atom is -0.481 e. The maximum absolute atomic E-state index is 10.7. The average Bonchev–Trinajstić information content (AvgIpc) is 2.71. The Balaban J connectivity index is 2.64. The molecule has 0 fully saturated rings. The van der Waals surface area contributed by atoms with E-state index in [0.29, 0.717) is 12.6 Å². The first-order valence-corrected chi connectivity index (χ1v) is 6.51. The van der Waals surface area contributed by atoms with E-state index in [1.165, 1.54) is 0 Å². The zero-order valence-corrected chi connectivity index (χ0v) is 11.5. The molecule has 0 bridgehead atoms. The summed E-state index contributed by atoms with van der Waals surface area (Å²) in [6.07, 6.45) is 3.03. The molecule has 0 aromatic carbocycles. The highest BCUT2D eigenvalue weighted by Crippen LogP contribution is 2.09. The maximum atomic E-state index is 10.7. The van der Waals surface area contributed by atoms with Crippen molar-refractivity contribution in [2.24, 2.45) is 0 Å². The largest absolute Gasteiger partial charge is 0.481 e. The summed E-state index contributed by atoms with van der Waals surface area (Å²) in [4.78, 5) is 12.8. The summed E-state index contributed by atoms with van der Waals surface area (Å²) in [5.74, 6) is -0.747. The molecule has 5 heteroatoms. The van der Waals surface area contributed by atoms with E-state index < -0.39 is 5.97 Å². The monoisotopic (exact) mass is 253 g/mol. The van der Waals surface area contributed by atoms with E-state index in [1.807, 2.05) is 10.7 Å². The van der Waals surface area contributed by atoms with Crippen LogP contribution in [0.3, 0.4) is 0 Å². The van der Waals surface area contributed by atoms with Crippen molar-refractivity contribution in [3.63, 3.8) is 0 Å². The molecule has 0 radical (unpaired) electrons. The molecular weight excluding hydrogens is 230 g/mol. The van der Waals surface area contributed by atoms with Gasteiger partial charge in [0.25, 0.3) is 0 Å². The molecule has 0 saturated heterocycles. The van der Waals surface area contributed by atoms with Crippen molar-refractivity contribution < 1.29 is 9.90 Å². The second-order valence-electron chi connectivity index (χ2n) is 4.75. The van der Waals surface area contributed by atoms with E-state index in [2.05, 4.69) is 30.8 Å². The highest BCUT2D eigenvalue weighted by atomic mass is 16.4. The van der Waals surface area contributed by atoms with Gasteiger partial charge in [-0.25, -0.2) is 0 Å². The van der Waals surface area contributed by atoms with Gasteiger partial charge in [0.15, 0.2) is 0 Å². The van der Waals surface area contributed by atoms with Gasteiger partial charge in [-0.2, -0.15) is 5.10 Å². The summed E-state index contributed by atoms with van der Waals surface area (Å²) in [6.45, 7) is 8.53. The van der Waals surface area contributed by atoms with Crippen LogP contribution in [0.1, 0.15) is 39.3 Å². The third-order valence-corrected chi connectivity index (χ3v) is 2.95. The summed E-state index contributed by atoms with van der Waals surface area (Å²) in [5, 5.41) is 13.1. The van der Waals surface area contributed by atoms with Crippen LogP contribution in [0.5, 0.6) is 0 Å². The van der Waals surface area contributed by atoms with Gasteiger partial charge in [0.2, 0.25) is 0 Å². The van der Waals surface area contributed by atoms with Crippen molar-refractivity contribution in [2.75, 3.05) is 6.54 Å². The van der Waals surface area contributed by atoms with Crippen molar-refractivity contribution in [3.8, 4) is 0 Å². The number of carboxylic acid groups (broad SMARTS) is 1. The van der Waals surface area contributed by atoms with E-state index in [0.717, 1.165) is 25.2 Å². The van der Waals surface area contributed by atoms with Crippen molar-refractivity contribution in [1.29, 1.82) is 0 Å². The first-order chi connectivity index (χ1) is 8.54. The van der Waals surface area contributed by atoms with Gasteiger partial charge in [-0.15, -0.1) is 0 Å². The van der Waals surface area contributed by atoms with Gasteiger partial charge in [0.1, 0.15) is 0 Å². The quantitative estimate of drug-likeness (QED) is 0.769. The van der Waals surface area contributed by atoms with Crippen LogP contribution in [0.4, 0.5) is 0 Å². The number of carboxylic acids is 1. The van der Waals surface area contributed by atoms with Gasteiger partial charge in [0.05, 0.1) is 12.1 Å². The van der Waals surface area contributed by atoms with Crippen LogP contribution in [-0.4, -0.2) is 38.3 Å². The lowest BCUT2D eigenvalue weighted by atomic mass is 10.2. The molecule has 1 aromatic heterocycles. The van der Waals surface area contributed by atoms with E-state index in [4.69, 9.17) is 5.11 Å². The van der Waals surface area contributed by atoms with Crippen LogP contribution in [0, 0.1) is 0 Å².